The zero-order chi connectivity index (χ0) is 32.6. The van der Waals surface area contributed by atoms with E-state index in [1.54, 1.807) is 0 Å². The Hall–Kier alpha value is -1.00. The molecule has 0 aliphatic heterocycles. The van der Waals surface area contributed by atoms with E-state index >= 15 is 0 Å². The quantitative estimate of drug-likeness (QED) is 0.0492. The molecule has 1 saturated carbocycles. The van der Waals surface area contributed by atoms with Crippen molar-refractivity contribution in [1.29, 1.82) is 0 Å². The van der Waals surface area contributed by atoms with Crippen molar-refractivity contribution < 1.29 is 76.9 Å². The van der Waals surface area contributed by atoms with Crippen molar-refractivity contribution in [2.75, 3.05) is 13.2 Å². The van der Waals surface area contributed by atoms with Crippen molar-refractivity contribution in [3.8, 4) is 0 Å². The van der Waals surface area contributed by atoms with Crippen LogP contribution in [0.2, 0.25) is 0 Å². The van der Waals surface area contributed by atoms with E-state index in [1.807, 2.05) is 6.92 Å². The summed E-state index contributed by atoms with van der Waals surface area (Å²) < 4.78 is 48.0. The fourth-order valence-corrected chi connectivity index (χ4v) is 5.85. The highest BCUT2D eigenvalue weighted by atomic mass is 31.2. The molecule has 0 aromatic heterocycles. The minimum absolute atomic E-state index is 0.0486. The van der Waals surface area contributed by atoms with Crippen molar-refractivity contribution in [2.45, 2.75) is 134 Å². The third kappa shape index (κ3) is 16.2. The van der Waals surface area contributed by atoms with Gasteiger partial charge < -0.3 is 44.6 Å². The smallest absolute Gasteiger partial charge is 0.462 e. The van der Waals surface area contributed by atoms with Gasteiger partial charge in [-0.1, -0.05) is 65.2 Å². The summed E-state index contributed by atoms with van der Waals surface area (Å²) in [4.78, 5) is 52.6. The number of carbonyl (C=O) groups is 2. The third-order valence-corrected chi connectivity index (χ3v) is 8.18. The molecule has 0 saturated heterocycles. The van der Waals surface area contributed by atoms with Crippen LogP contribution in [0.4, 0.5) is 0 Å². The predicted molar refractivity (Wildman–Crippen MR) is 149 cm³/mol. The van der Waals surface area contributed by atoms with Gasteiger partial charge in [-0.3, -0.25) is 23.2 Å². The first-order chi connectivity index (χ1) is 20.1. The van der Waals surface area contributed by atoms with Crippen molar-refractivity contribution >= 4 is 27.6 Å². The molecule has 0 amide bonds. The molecule has 1 rings (SSSR count). The molecule has 1 aliphatic rings. The Labute approximate surface area is 251 Å². The standard InChI is InChI=1S/C25H48O16P2/c1-3-5-7-9-11-13-18(26)37-15-17(39-19(27)14-12-10-8-6-4-2)16-38-43(35,36)41-25-22(30)20(28)24(21(29)23(25)31)40-42(32,33)34/h17,20-25,28-31H,3-16H2,1-2H3,(H,35,36)(H2,32,33,34). The van der Waals surface area contributed by atoms with E-state index in [0.717, 1.165) is 51.4 Å². The van der Waals surface area contributed by atoms with Gasteiger partial charge in [-0.05, 0) is 12.8 Å². The maximum Gasteiger partial charge on any atom is 0.472 e. The number of aliphatic hydroxyl groups excluding tert-OH is 4. The summed E-state index contributed by atoms with van der Waals surface area (Å²) in [7, 11) is -10.5. The maximum absolute atomic E-state index is 12.6. The second-order valence-corrected chi connectivity index (χ2v) is 13.1. The van der Waals surface area contributed by atoms with E-state index in [0.29, 0.717) is 12.8 Å². The van der Waals surface area contributed by atoms with Gasteiger partial charge in [0.2, 0.25) is 0 Å². The van der Waals surface area contributed by atoms with Gasteiger partial charge in [0.1, 0.15) is 43.2 Å². The Morgan fingerprint density at radius 2 is 1.09 bits per heavy atom. The number of ether oxygens (including phenoxy) is 2. The second kappa shape index (κ2) is 20.2. The number of rotatable bonds is 22. The molecule has 7 N–H and O–H groups in total. The van der Waals surface area contributed by atoms with Crippen LogP contribution in [0, 0.1) is 0 Å². The Kier molecular flexibility index (Phi) is 18.8. The second-order valence-electron chi connectivity index (χ2n) is 10.5. The van der Waals surface area contributed by atoms with Crippen LogP contribution in [0.3, 0.4) is 0 Å². The highest BCUT2D eigenvalue weighted by molar-refractivity contribution is 7.47. The Balaban J connectivity index is 2.80. The van der Waals surface area contributed by atoms with Crippen LogP contribution in [0.15, 0.2) is 0 Å². The molecule has 0 aromatic rings. The van der Waals surface area contributed by atoms with Gasteiger partial charge in [-0.25, -0.2) is 9.13 Å². The minimum Gasteiger partial charge on any atom is -0.462 e. The molecule has 0 bridgehead atoms. The van der Waals surface area contributed by atoms with Crippen LogP contribution < -0.4 is 0 Å². The molecule has 1 fully saturated rings. The maximum atomic E-state index is 12.6. The number of aliphatic hydroxyl groups is 4. The van der Waals surface area contributed by atoms with E-state index in [-0.39, 0.29) is 12.8 Å². The Morgan fingerprint density at radius 3 is 1.56 bits per heavy atom. The van der Waals surface area contributed by atoms with Gasteiger partial charge in [0, 0.05) is 12.8 Å². The third-order valence-electron chi connectivity index (χ3n) is 6.68. The zero-order valence-electron chi connectivity index (χ0n) is 24.6. The van der Waals surface area contributed by atoms with E-state index in [4.69, 9.17) is 28.3 Å². The van der Waals surface area contributed by atoms with E-state index in [2.05, 4.69) is 11.4 Å². The van der Waals surface area contributed by atoms with E-state index < -0.39 is 83.5 Å². The number of unbranched alkanes of at least 4 members (excludes halogenated alkanes) is 8. The minimum atomic E-state index is -5.28. The van der Waals surface area contributed by atoms with Gasteiger partial charge in [0.25, 0.3) is 0 Å². The van der Waals surface area contributed by atoms with Gasteiger partial charge in [0.05, 0.1) is 6.61 Å². The molecule has 16 nitrogen and oxygen atoms in total. The van der Waals surface area contributed by atoms with Gasteiger partial charge >= 0.3 is 27.6 Å². The van der Waals surface area contributed by atoms with Gasteiger partial charge in [-0.2, -0.15) is 0 Å². The normalized spacial score (nSPS) is 26.4. The number of hydrogen-bond acceptors (Lipinski definition) is 13. The first kappa shape index (κ1) is 40.0. The summed E-state index contributed by atoms with van der Waals surface area (Å²) in [5.74, 6) is -1.22. The Morgan fingerprint density at radius 1 is 0.651 bits per heavy atom. The first-order valence-corrected chi connectivity index (χ1v) is 17.6. The molecule has 43 heavy (non-hydrogen) atoms. The van der Waals surface area contributed by atoms with Crippen LogP contribution in [-0.4, -0.2) is 103 Å². The molecule has 6 atom stereocenters. The first-order valence-electron chi connectivity index (χ1n) is 14.6. The molecular formula is C25H48O16P2. The molecule has 0 heterocycles. The predicted octanol–water partition coefficient (Wildman–Crippen LogP) is 1.60. The topological polar surface area (TPSA) is 256 Å². The molecule has 0 spiro atoms. The number of carbonyl (C=O) groups excluding carboxylic acids is 2. The molecule has 18 heteroatoms. The van der Waals surface area contributed by atoms with Crippen molar-refractivity contribution in [2.24, 2.45) is 0 Å². The molecule has 1 aliphatic carbocycles. The van der Waals surface area contributed by atoms with Crippen LogP contribution in [0.25, 0.3) is 0 Å². The molecule has 0 radical (unpaired) electrons. The summed E-state index contributed by atoms with van der Waals surface area (Å²) in [6.45, 7) is 2.80. The van der Waals surface area contributed by atoms with Crippen LogP contribution in [0.5, 0.6) is 0 Å². The van der Waals surface area contributed by atoms with Crippen molar-refractivity contribution in [1.82, 2.24) is 0 Å². The lowest BCUT2D eigenvalue weighted by molar-refractivity contribution is -0.216. The largest absolute Gasteiger partial charge is 0.472 e. The van der Waals surface area contributed by atoms with E-state index in [9.17, 15) is 44.0 Å². The van der Waals surface area contributed by atoms with Gasteiger partial charge in [0.15, 0.2) is 6.10 Å². The average Bonchev–Trinajstić information content (AvgIpc) is 2.93. The van der Waals surface area contributed by atoms with Crippen molar-refractivity contribution in [3.05, 3.63) is 0 Å². The number of hydrogen-bond donors (Lipinski definition) is 7. The average molecular weight is 667 g/mol. The lowest BCUT2D eigenvalue weighted by Gasteiger charge is -2.43. The fraction of sp³-hybridized carbons (Fsp3) is 0.920. The SMILES string of the molecule is CCCCCCCC(=O)OCC(COP(=O)(O)OC1C(O)C(O)C(OP(=O)(O)O)C(O)C1O)OC(=O)CCCCCCC. The molecular weight excluding hydrogens is 618 g/mol. The lowest BCUT2D eigenvalue weighted by atomic mass is 9.85. The van der Waals surface area contributed by atoms with E-state index in [1.165, 1.54) is 0 Å². The van der Waals surface area contributed by atoms with Crippen LogP contribution in [-0.2, 0) is 41.8 Å². The zero-order valence-corrected chi connectivity index (χ0v) is 26.4. The van der Waals surface area contributed by atoms with Crippen LogP contribution >= 0.6 is 15.6 Å². The summed E-state index contributed by atoms with van der Waals surface area (Å²) in [5.41, 5.74) is 0. The number of esters is 2. The fourth-order valence-electron chi connectivity index (χ4n) is 4.32. The monoisotopic (exact) mass is 666 g/mol. The summed E-state index contributed by atoms with van der Waals surface area (Å²) in [5, 5.41) is 40.8. The highest BCUT2D eigenvalue weighted by Gasteiger charge is 2.54. The number of phosphoric ester groups is 2. The summed E-state index contributed by atoms with van der Waals surface area (Å²) >= 11 is 0. The van der Waals surface area contributed by atoms with Gasteiger partial charge in [-0.15, -0.1) is 0 Å². The summed E-state index contributed by atoms with van der Waals surface area (Å²) in [6, 6.07) is 0. The molecule has 254 valence electrons. The lowest BCUT2D eigenvalue weighted by Crippen LogP contribution is -2.64. The van der Waals surface area contributed by atoms with Crippen LogP contribution in [0.1, 0.15) is 90.9 Å². The molecule has 0 aromatic carbocycles. The molecule has 6 unspecified atom stereocenters. The Bertz CT molecular complexity index is 898. The highest BCUT2D eigenvalue weighted by Crippen LogP contribution is 2.48. The summed E-state index contributed by atoms with van der Waals surface area (Å²) in [6.07, 6.45) is -5.75. The van der Waals surface area contributed by atoms with Crippen molar-refractivity contribution in [3.63, 3.8) is 0 Å². The number of phosphoric acid groups is 2.